The highest BCUT2D eigenvalue weighted by atomic mass is 31.1. The van der Waals surface area contributed by atoms with Crippen molar-refractivity contribution in [2.45, 2.75) is 236 Å². The van der Waals surface area contributed by atoms with Gasteiger partial charge in [0, 0.05) is 19.3 Å². The maximum atomic E-state index is 13.3. The van der Waals surface area contributed by atoms with Gasteiger partial charge in [-0.05, 0) is 120 Å². The fourth-order valence-corrected chi connectivity index (χ4v) is 10.9. The van der Waals surface area contributed by atoms with Gasteiger partial charge in [-0.15, -0.1) is 0 Å². The molecule has 0 saturated heterocycles. The lowest BCUT2D eigenvalue weighted by atomic mass is 9.91. The van der Waals surface area contributed by atoms with Crippen molar-refractivity contribution >= 4 is 25.4 Å². The molecule has 0 heterocycles. The molecule has 362 valence electrons. The second-order valence-electron chi connectivity index (χ2n) is 21.5. The predicted molar refractivity (Wildman–Crippen MR) is 267 cm³/mol. The molecule has 61 heavy (non-hydrogen) atoms. The summed E-state index contributed by atoms with van der Waals surface area (Å²) in [5, 5.41) is 0. The average molecular weight is 880 g/mol. The van der Waals surface area contributed by atoms with Crippen molar-refractivity contribution in [3.63, 3.8) is 0 Å². The summed E-state index contributed by atoms with van der Waals surface area (Å²) in [6.45, 7) is 25.4. The van der Waals surface area contributed by atoms with E-state index in [-0.39, 0.29) is 11.9 Å². The van der Waals surface area contributed by atoms with Gasteiger partial charge in [-0.3, -0.25) is 14.4 Å². The Kier molecular flexibility index (Phi) is 38.7. The van der Waals surface area contributed by atoms with Crippen molar-refractivity contribution in [1.29, 1.82) is 0 Å². The van der Waals surface area contributed by atoms with Crippen LogP contribution in [0.15, 0.2) is 0 Å². The molecule has 0 radical (unpaired) electrons. The van der Waals surface area contributed by atoms with E-state index in [1.165, 1.54) is 116 Å². The number of esters is 2. The zero-order chi connectivity index (χ0) is 45.8. The molecule has 0 N–H and O–H groups in total. The van der Waals surface area contributed by atoms with E-state index < -0.39 is 7.92 Å². The summed E-state index contributed by atoms with van der Waals surface area (Å²) in [5.74, 6) is 5.76. The molecular weight excluding hydrogens is 774 g/mol. The van der Waals surface area contributed by atoms with Crippen LogP contribution in [0.3, 0.4) is 0 Å². The summed E-state index contributed by atoms with van der Waals surface area (Å²) in [7, 11) is 3.18. The van der Waals surface area contributed by atoms with E-state index in [4.69, 9.17) is 9.47 Å². The average Bonchev–Trinajstić information content (AvgIpc) is 3.16. The molecule has 6 unspecified atom stereocenters. The maximum absolute atomic E-state index is 13.3. The summed E-state index contributed by atoms with van der Waals surface area (Å²) < 4.78 is 11.3. The first-order valence-electron chi connectivity index (χ1n) is 26.2. The Labute approximate surface area is 382 Å². The first-order valence-corrected chi connectivity index (χ1v) is 27.9. The van der Waals surface area contributed by atoms with Crippen molar-refractivity contribution in [2.24, 2.45) is 47.3 Å². The minimum atomic E-state index is -0.884. The quantitative estimate of drug-likeness (QED) is 0.0449. The van der Waals surface area contributed by atoms with Crippen LogP contribution in [0.25, 0.3) is 0 Å². The maximum Gasteiger partial charge on any atom is 0.305 e. The number of hydrogen-bond acceptors (Lipinski definition) is 6. The van der Waals surface area contributed by atoms with Gasteiger partial charge in [-0.1, -0.05) is 185 Å². The molecule has 0 aromatic heterocycles. The van der Waals surface area contributed by atoms with E-state index in [0.29, 0.717) is 62.7 Å². The highest BCUT2D eigenvalue weighted by Gasteiger charge is 2.20. The summed E-state index contributed by atoms with van der Waals surface area (Å²) in [4.78, 5) is 40.7. The van der Waals surface area contributed by atoms with Crippen LogP contribution < -0.4 is 0 Å². The SMILES string of the molecule is CC(C)CCCC(C)CCCC(C)CCCC(C)CCOC(=O)CCCP(CCCC(=O)OCCC(C)CCCC(C)CCCC(C)CCCC(C)C)C(=O)CCCN(C)C. The Balaban J connectivity index is 4.32. The van der Waals surface area contributed by atoms with E-state index >= 15 is 0 Å². The Morgan fingerprint density at radius 1 is 0.393 bits per heavy atom. The molecule has 7 heteroatoms. The Morgan fingerprint density at radius 2 is 0.689 bits per heavy atom. The van der Waals surface area contributed by atoms with Crippen molar-refractivity contribution in [3.05, 3.63) is 0 Å². The standard InChI is InChI=1S/C54H106NO5P/c1-44(2)22-13-24-46(5)26-15-28-48(7)30-17-32-50(9)37-40-59-52(56)34-20-42-61(54(58)36-19-39-55(11)12)43-21-35-53(57)60-41-38-51(10)33-18-31-49(8)29-16-27-47(6)25-14-23-45(3)4/h44-51H,13-43H2,1-12H3. The third-order valence-corrected chi connectivity index (χ3v) is 15.9. The normalized spacial score (nSPS) is 15.5. The van der Waals surface area contributed by atoms with Crippen LogP contribution in [-0.4, -0.2) is 68.5 Å². The fraction of sp³-hybridized carbons (Fsp3) is 0.944. The van der Waals surface area contributed by atoms with Gasteiger partial charge in [0.05, 0.1) is 13.2 Å². The number of carbonyl (C=O) groups is 3. The second kappa shape index (κ2) is 39.4. The fourth-order valence-electron chi connectivity index (χ4n) is 8.66. The van der Waals surface area contributed by atoms with Gasteiger partial charge in [0.1, 0.15) is 0 Å². The first kappa shape index (κ1) is 60.0. The van der Waals surface area contributed by atoms with Gasteiger partial charge in [-0.25, -0.2) is 0 Å². The summed E-state index contributed by atoms with van der Waals surface area (Å²) >= 11 is 0. The van der Waals surface area contributed by atoms with Crippen LogP contribution in [0.4, 0.5) is 0 Å². The Hall–Kier alpha value is -1.00. The molecular formula is C54H106NO5P. The van der Waals surface area contributed by atoms with Gasteiger partial charge < -0.3 is 14.4 Å². The molecule has 6 atom stereocenters. The van der Waals surface area contributed by atoms with Crippen molar-refractivity contribution in [3.8, 4) is 0 Å². The van der Waals surface area contributed by atoms with E-state index in [0.717, 1.165) is 73.6 Å². The smallest absolute Gasteiger partial charge is 0.305 e. The predicted octanol–water partition coefficient (Wildman–Crippen LogP) is 15.9. The van der Waals surface area contributed by atoms with Crippen LogP contribution in [0, 0.1) is 47.3 Å². The monoisotopic (exact) mass is 880 g/mol. The minimum Gasteiger partial charge on any atom is -0.466 e. The van der Waals surface area contributed by atoms with Gasteiger partial charge in [-0.2, -0.15) is 0 Å². The lowest BCUT2D eigenvalue weighted by Crippen LogP contribution is -2.15. The summed E-state index contributed by atoms with van der Waals surface area (Å²) in [6.07, 6.45) is 30.6. The lowest BCUT2D eigenvalue weighted by Gasteiger charge is -2.18. The van der Waals surface area contributed by atoms with Crippen molar-refractivity contribution in [2.75, 3.05) is 46.2 Å². The van der Waals surface area contributed by atoms with Crippen LogP contribution in [0.1, 0.15) is 236 Å². The van der Waals surface area contributed by atoms with E-state index in [2.05, 4.69) is 74.1 Å². The van der Waals surface area contributed by atoms with E-state index in [9.17, 15) is 14.4 Å². The number of carbonyl (C=O) groups excluding carboxylic acids is 3. The molecule has 0 spiro atoms. The number of nitrogens with zero attached hydrogens (tertiary/aromatic N) is 1. The molecule has 0 saturated carbocycles. The molecule has 0 fully saturated rings. The third kappa shape index (κ3) is 40.3. The second-order valence-corrected chi connectivity index (χ2v) is 24.0. The number of ether oxygens (including phenoxy) is 2. The zero-order valence-electron chi connectivity index (χ0n) is 43.0. The van der Waals surface area contributed by atoms with Gasteiger partial charge in [0.2, 0.25) is 0 Å². The lowest BCUT2D eigenvalue weighted by molar-refractivity contribution is -0.144. The van der Waals surface area contributed by atoms with Gasteiger partial charge in [0.15, 0.2) is 5.52 Å². The van der Waals surface area contributed by atoms with Crippen molar-refractivity contribution < 1.29 is 23.9 Å². The molecule has 0 aliphatic rings. The van der Waals surface area contributed by atoms with Gasteiger partial charge >= 0.3 is 11.9 Å². The molecule has 0 aromatic rings. The Bertz CT molecular complexity index is 980. The van der Waals surface area contributed by atoms with Crippen molar-refractivity contribution in [1.82, 2.24) is 4.90 Å². The largest absolute Gasteiger partial charge is 0.466 e. The summed E-state index contributed by atoms with van der Waals surface area (Å²) in [5.41, 5.74) is 0.322. The zero-order valence-corrected chi connectivity index (χ0v) is 43.9. The number of rotatable bonds is 43. The van der Waals surface area contributed by atoms with Crippen LogP contribution in [0.5, 0.6) is 0 Å². The molecule has 0 amide bonds. The highest BCUT2D eigenvalue weighted by molar-refractivity contribution is 7.74. The van der Waals surface area contributed by atoms with E-state index in [1.54, 1.807) is 0 Å². The van der Waals surface area contributed by atoms with Crippen LogP contribution >= 0.6 is 7.92 Å². The molecule has 6 nitrogen and oxygen atoms in total. The third-order valence-electron chi connectivity index (χ3n) is 13.2. The molecule has 0 aliphatic heterocycles. The Morgan fingerprint density at radius 3 is 0.984 bits per heavy atom. The highest BCUT2D eigenvalue weighted by Crippen LogP contribution is 2.40. The van der Waals surface area contributed by atoms with Gasteiger partial charge in [0.25, 0.3) is 0 Å². The topological polar surface area (TPSA) is 72.9 Å². The summed E-state index contributed by atoms with van der Waals surface area (Å²) in [6, 6.07) is 0. The molecule has 0 bridgehead atoms. The molecule has 0 aromatic carbocycles. The van der Waals surface area contributed by atoms with E-state index in [1.807, 2.05) is 14.1 Å². The van der Waals surface area contributed by atoms with Crippen LogP contribution in [-0.2, 0) is 23.9 Å². The van der Waals surface area contributed by atoms with Crippen LogP contribution in [0.2, 0.25) is 0 Å². The minimum absolute atomic E-state index is 0.144. The molecule has 0 rings (SSSR count). The number of hydrogen-bond donors (Lipinski definition) is 0. The first-order chi connectivity index (χ1) is 29.0. The molecule has 0 aliphatic carbocycles.